The smallest absolute Gasteiger partial charge is 0.234 e. The Labute approximate surface area is 244 Å². The molecule has 4 atom stereocenters. The molecule has 0 spiro atoms. The summed E-state index contributed by atoms with van der Waals surface area (Å²) in [5.41, 5.74) is 3.95. The lowest BCUT2D eigenvalue weighted by Crippen LogP contribution is -2.39. The summed E-state index contributed by atoms with van der Waals surface area (Å²) in [5, 5.41) is 34.5. The molecule has 214 valence electrons. The zero-order chi connectivity index (χ0) is 28.9. The number of benzene rings is 2. The number of aliphatic hydroxyl groups is 2. The van der Waals surface area contributed by atoms with E-state index in [0.29, 0.717) is 30.4 Å². The summed E-state index contributed by atoms with van der Waals surface area (Å²) < 4.78 is 5.47. The first-order chi connectivity index (χ1) is 19.9. The van der Waals surface area contributed by atoms with E-state index in [1.807, 2.05) is 66.1 Å². The second-order valence-corrected chi connectivity index (χ2v) is 11.6. The van der Waals surface area contributed by atoms with E-state index in [4.69, 9.17) is 4.74 Å². The Morgan fingerprint density at radius 2 is 1.83 bits per heavy atom. The fraction of sp³-hybridized carbons (Fsp3) is 0.333. The third-order valence-corrected chi connectivity index (χ3v) is 9.00. The number of para-hydroxylation sites is 1. The van der Waals surface area contributed by atoms with Crippen LogP contribution in [0.15, 0.2) is 83.3 Å². The molecule has 41 heavy (non-hydrogen) atoms. The number of carbonyl (C=O) groups excluding carboxylic acids is 2. The van der Waals surface area contributed by atoms with Crippen LogP contribution in [-0.4, -0.2) is 58.5 Å². The van der Waals surface area contributed by atoms with E-state index in [-0.39, 0.29) is 37.3 Å². The third-order valence-electron chi connectivity index (χ3n) is 8.14. The van der Waals surface area contributed by atoms with Gasteiger partial charge < -0.3 is 20.1 Å². The van der Waals surface area contributed by atoms with Gasteiger partial charge in [0, 0.05) is 23.5 Å². The number of aliphatic hydroxyl groups excluding tert-OH is 2. The highest BCUT2D eigenvalue weighted by atomic mass is 32.1. The molecule has 1 aromatic heterocycles. The second kappa shape index (κ2) is 13.0. The summed E-state index contributed by atoms with van der Waals surface area (Å²) in [6, 6.07) is 20.7. The van der Waals surface area contributed by atoms with Crippen molar-refractivity contribution >= 4 is 34.8 Å². The van der Waals surface area contributed by atoms with Crippen LogP contribution in [0.25, 0.3) is 11.6 Å². The van der Waals surface area contributed by atoms with Crippen molar-refractivity contribution in [2.24, 2.45) is 17.8 Å². The van der Waals surface area contributed by atoms with E-state index in [9.17, 15) is 24.9 Å². The number of likely N-dealkylation sites (tertiary alicyclic amines) is 1. The van der Waals surface area contributed by atoms with E-state index in [2.05, 4.69) is 0 Å². The van der Waals surface area contributed by atoms with Gasteiger partial charge in [0.15, 0.2) is 0 Å². The van der Waals surface area contributed by atoms with E-state index in [1.54, 1.807) is 19.2 Å². The van der Waals surface area contributed by atoms with Gasteiger partial charge in [0.05, 0.1) is 37.7 Å². The van der Waals surface area contributed by atoms with Gasteiger partial charge in [-0.3, -0.25) is 14.5 Å². The average molecular weight is 574 g/mol. The van der Waals surface area contributed by atoms with E-state index in [0.717, 1.165) is 21.6 Å². The molecule has 3 N–H and O–H groups in total. The van der Waals surface area contributed by atoms with Crippen LogP contribution < -0.4 is 0 Å². The van der Waals surface area contributed by atoms with Crippen molar-refractivity contribution in [2.75, 3.05) is 20.3 Å². The van der Waals surface area contributed by atoms with Gasteiger partial charge in [0.1, 0.15) is 5.75 Å². The van der Waals surface area contributed by atoms with Gasteiger partial charge in [-0.05, 0) is 65.1 Å². The molecule has 1 aliphatic heterocycles. The number of hydrogen-bond donors (Lipinski definition) is 3. The molecule has 2 aliphatic rings. The summed E-state index contributed by atoms with van der Waals surface area (Å²) in [6.07, 6.45) is 2.08. The van der Waals surface area contributed by atoms with Gasteiger partial charge in [0.2, 0.25) is 11.8 Å². The van der Waals surface area contributed by atoms with Crippen molar-refractivity contribution in [3.05, 3.63) is 99.3 Å². The zero-order valence-electron chi connectivity index (χ0n) is 23.0. The van der Waals surface area contributed by atoms with Gasteiger partial charge in [-0.25, -0.2) is 0 Å². The Bertz CT molecular complexity index is 1430. The summed E-state index contributed by atoms with van der Waals surface area (Å²) in [6.45, 7) is 0.0687. The summed E-state index contributed by atoms with van der Waals surface area (Å²) >= 11 is 1.49. The first-order valence-electron chi connectivity index (χ1n) is 13.8. The number of methoxy groups -OCH3 is 1. The van der Waals surface area contributed by atoms with Crippen LogP contribution in [0, 0.1) is 17.8 Å². The lowest BCUT2D eigenvalue weighted by Gasteiger charge is -2.36. The van der Waals surface area contributed by atoms with Gasteiger partial charge in [0.25, 0.3) is 0 Å². The molecule has 0 bridgehead atoms. The molecule has 5 rings (SSSR count). The lowest BCUT2D eigenvalue weighted by molar-refractivity contribution is -0.140. The summed E-state index contributed by atoms with van der Waals surface area (Å²) in [4.78, 5) is 29.2. The predicted octanol–water partition coefficient (Wildman–Crippen LogP) is 4.89. The fourth-order valence-corrected chi connectivity index (χ4v) is 6.94. The molecular weight excluding hydrogens is 538 g/mol. The Hall–Kier alpha value is -3.56. The van der Waals surface area contributed by atoms with Crippen LogP contribution in [0.1, 0.15) is 35.3 Å². The highest BCUT2D eigenvalue weighted by Gasteiger charge is 2.54. The van der Waals surface area contributed by atoms with Gasteiger partial charge >= 0.3 is 0 Å². The van der Waals surface area contributed by atoms with Gasteiger partial charge in [-0.1, -0.05) is 54.6 Å². The largest absolute Gasteiger partial charge is 0.507 e. The molecule has 7 nitrogen and oxygen atoms in total. The number of allylic oxidation sites excluding steroid dienone is 1. The number of rotatable bonds is 11. The number of nitrogens with zero attached hydrogens (tertiary/aromatic N) is 1. The number of aromatic hydroxyl groups is 1. The number of imide groups is 1. The fourth-order valence-electron chi connectivity index (χ4n) is 6.24. The first-order valence-corrected chi connectivity index (χ1v) is 14.7. The Kier molecular flexibility index (Phi) is 9.15. The SMILES string of the molecule is COCC1=C([C@H](O)CC/C(=C/c2ccccc2O)c2ccccc2)[C@H](CO)[C@@H]2C(=O)N(Cc3cccs3)C(=O)[C@@H]2C1. The number of phenolic OH excluding ortho intramolecular Hbond substituents is 1. The van der Waals surface area contributed by atoms with Gasteiger partial charge in [-0.15, -0.1) is 11.3 Å². The van der Waals surface area contributed by atoms with Crippen molar-refractivity contribution in [2.45, 2.75) is 31.9 Å². The lowest BCUT2D eigenvalue weighted by atomic mass is 9.68. The summed E-state index contributed by atoms with van der Waals surface area (Å²) in [7, 11) is 1.56. The van der Waals surface area contributed by atoms with Crippen LogP contribution in [0.2, 0.25) is 0 Å². The number of fused-ring (bicyclic) bond motifs is 1. The van der Waals surface area contributed by atoms with Crippen LogP contribution in [-0.2, 0) is 20.9 Å². The van der Waals surface area contributed by atoms with Crippen LogP contribution >= 0.6 is 11.3 Å². The molecule has 1 saturated heterocycles. The Morgan fingerprint density at radius 1 is 1.07 bits per heavy atom. The minimum atomic E-state index is -0.955. The number of phenols is 1. The molecule has 2 heterocycles. The van der Waals surface area contributed by atoms with Crippen molar-refractivity contribution in [3.8, 4) is 5.75 Å². The van der Waals surface area contributed by atoms with Crippen molar-refractivity contribution in [1.82, 2.24) is 4.90 Å². The number of amides is 2. The molecular formula is C33H35NO6S. The maximum absolute atomic E-state index is 13.6. The highest BCUT2D eigenvalue weighted by Crippen LogP contribution is 2.47. The average Bonchev–Trinajstić information content (AvgIpc) is 3.59. The van der Waals surface area contributed by atoms with Crippen LogP contribution in [0.3, 0.4) is 0 Å². The highest BCUT2D eigenvalue weighted by molar-refractivity contribution is 7.09. The molecule has 0 radical (unpaired) electrons. The number of carbonyl (C=O) groups is 2. The zero-order valence-corrected chi connectivity index (χ0v) is 23.8. The van der Waals surface area contributed by atoms with Crippen LogP contribution in [0.5, 0.6) is 5.75 Å². The maximum atomic E-state index is 13.6. The van der Waals surface area contributed by atoms with Gasteiger partial charge in [-0.2, -0.15) is 0 Å². The molecule has 0 saturated carbocycles. The monoisotopic (exact) mass is 573 g/mol. The Morgan fingerprint density at radius 3 is 2.51 bits per heavy atom. The number of hydrogen-bond acceptors (Lipinski definition) is 7. The van der Waals surface area contributed by atoms with Crippen molar-refractivity contribution in [3.63, 3.8) is 0 Å². The Balaban J connectivity index is 1.42. The van der Waals surface area contributed by atoms with E-state index in [1.165, 1.54) is 16.2 Å². The summed E-state index contributed by atoms with van der Waals surface area (Å²) in [5.74, 6) is -2.34. The number of thiophene rings is 1. The quantitative estimate of drug-likeness (QED) is 0.171. The maximum Gasteiger partial charge on any atom is 0.234 e. The molecule has 1 aliphatic carbocycles. The van der Waals surface area contributed by atoms with E-state index < -0.39 is 23.9 Å². The standard InChI is InChI=1S/C33H35NO6S/c1-40-20-24-17-26-31(33(39)34(32(26)38)18-25-11-7-15-41-25)27(19-35)30(24)29(37)14-13-22(21-8-3-2-4-9-21)16-23-10-5-6-12-28(23)36/h2-12,15-16,26-27,29,31,35-37H,13-14,17-20H2,1H3/b22-16-/t26-,27+,29-,31-/m1/s1. The molecule has 1 fully saturated rings. The van der Waals surface area contributed by atoms with Crippen molar-refractivity contribution < 1.29 is 29.6 Å². The number of ether oxygens (including phenoxy) is 1. The topological polar surface area (TPSA) is 107 Å². The molecule has 3 aromatic rings. The second-order valence-electron chi connectivity index (χ2n) is 10.6. The third kappa shape index (κ3) is 6.06. The first kappa shape index (κ1) is 29.0. The van der Waals surface area contributed by atoms with Crippen molar-refractivity contribution in [1.29, 1.82) is 0 Å². The molecule has 8 heteroatoms. The van der Waals surface area contributed by atoms with Crippen LogP contribution in [0.4, 0.5) is 0 Å². The molecule has 0 unspecified atom stereocenters. The molecule has 2 aromatic carbocycles. The molecule has 2 amide bonds. The normalized spacial score (nSPS) is 21.9. The van der Waals surface area contributed by atoms with E-state index >= 15 is 0 Å². The minimum absolute atomic E-state index is 0.168. The minimum Gasteiger partial charge on any atom is -0.507 e. The predicted molar refractivity (Wildman–Crippen MR) is 159 cm³/mol.